The lowest BCUT2D eigenvalue weighted by Gasteiger charge is -2.08. The first-order valence-electron chi connectivity index (χ1n) is 5.61. The van der Waals surface area contributed by atoms with Crippen molar-refractivity contribution in [3.8, 4) is 6.07 Å². The molecule has 6 heteroatoms. The van der Waals surface area contributed by atoms with Crippen LogP contribution in [0, 0.1) is 18.3 Å². The Hall–Kier alpha value is -2.68. The summed E-state index contributed by atoms with van der Waals surface area (Å²) in [5.74, 6) is 0.226. The molecule has 0 radical (unpaired) electrons. The fourth-order valence-electron chi connectivity index (χ4n) is 1.44. The summed E-state index contributed by atoms with van der Waals surface area (Å²) in [6.07, 6.45) is -0.621. The molecule has 0 N–H and O–H groups in total. The predicted molar refractivity (Wildman–Crippen MR) is 64.0 cm³/mol. The summed E-state index contributed by atoms with van der Waals surface area (Å²) in [5, 5.41) is 12.3. The van der Waals surface area contributed by atoms with Gasteiger partial charge >= 0.3 is 5.97 Å². The molecule has 0 aliphatic carbocycles. The van der Waals surface area contributed by atoms with Crippen LogP contribution in [0.1, 0.15) is 40.7 Å². The third-order valence-corrected chi connectivity index (χ3v) is 2.42. The summed E-state index contributed by atoms with van der Waals surface area (Å²) in [7, 11) is 0. The van der Waals surface area contributed by atoms with E-state index in [2.05, 4.69) is 10.1 Å². The second-order valence-electron chi connectivity index (χ2n) is 3.92. The summed E-state index contributed by atoms with van der Waals surface area (Å²) in [5.41, 5.74) is 0.846. The first-order chi connectivity index (χ1) is 9.10. The van der Waals surface area contributed by atoms with Gasteiger partial charge in [-0.1, -0.05) is 5.16 Å². The Morgan fingerprint density at radius 1 is 1.42 bits per heavy atom. The lowest BCUT2D eigenvalue weighted by atomic mass is 10.1. The molecule has 0 saturated carbocycles. The van der Waals surface area contributed by atoms with Crippen molar-refractivity contribution in [1.29, 1.82) is 5.26 Å². The molecule has 0 spiro atoms. The number of esters is 1. The number of nitriles is 1. The number of benzene rings is 1. The second kappa shape index (κ2) is 5.31. The zero-order chi connectivity index (χ0) is 13.8. The number of nitrogens with zero attached hydrogens (tertiary/aromatic N) is 3. The monoisotopic (exact) mass is 257 g/mol. The summed E-state index contributed by atoms with van der Waals surface area (Å²) < 4.78 is 10.1. The van der Waals surface area contributed by atoms with Crippen molar-refractivity contribution < 1.29 is 14.1 Å². The van der Waals surface area contributed by atoms with Gasteiger partial charge in [0.05, 0.1) is 17.2 Å². The molecule has 0 fully saturated rings. The van der Waals surface area contributed by atoms with Gasteiger partial charge in [-0.15, -0.1) is 0 Å². The molecule has 19 heavy (non-hydrogen) atoms. The molecule has 0 aliphatic heterocycles. The Morgan fingerprint density at radius 2 is 2.11 bits per heavy atom. The van der Waals surface area contributed by atoms with E-state index < -0.39 is 12.1 Å². The number of rotatable bonds is 3. The molecule has 1 aromatic carbocycles. The third-order valence-electron chi connectivity index (χ3n) is 2.42. The fourth-order valence-corrected chi connectivity index (χ4v) is 1.44. The minimum Gasteiger partial charge on any atom is -0.449 e. The highest BCUT2D eigenvalue weighted by Gasteiger charge is 2.18. The quantitative estimate of drug-likeness (QED) is 0.783. The standard InChI is InChI=1S/C13H11N3O3/c1-8(12-15-9(2)16-19-12)18-13(17)11-5-3-10(7-14)4-6-11/h3-6,8H,1-2H3. The molecule has 0 amide bonds. The van der Waals surface area contributed by atoms with Gasteiger partial charge in [0.2, 0.25) is 0 Å². The predicted octanol–water partition coefficient (Wildman–Crippen LogP) is 2.17. The average Bonchev–Trinajstić information content (AvgIpc) is 2.85. The van der Waals surface area contributed by atoms with Crippen LogP contribution in [0.15, 0.2) is 28.8 Å². The molecule has 1 aromatic heterocycles. The van der Waals surface area contributed by atoms with Crippen molar-refractivity contribution in [2.45, 2.75) is 20.0 Å². The fraction of sp³-hybridized carbons (Fsp3) is 0.231. The molecule has 1 heterocycles. The highest BCUT2D eigenvalue weighted by Crippen LogP contribution is 2.16. The van der Waals surface area contributed by atoms with Gasteiger partial charge in [0.1, 0.15) is 0 Å². The van der Waals surface area contributed by atoms with E-state index in [1.807, 2.05) is 6.07 Å². The Kier molecular flexibility index (Phi) is 3.57. The molecule has 96 valence electrons. The van der Waals surface area contributed by atoms with Gasteiger partial charge in [-0.2, -0.15) is 10.2 Å². The SMILES string of the molecule is Cc1noc(C(C)OC(=O)c2ccc(C#N)cc2)n1. The van der Waals surface area contributed by atoms with Crippen LogP contribution in [-0.2, 0) is 4.74 Å². The van der Waals surface area contributed by atoms with E-state index in [-0.39, 0.29) is 5.89 Å². The van der Waals surface area contributed by atoms with Crippen molar-refractivity contribution in [3.63, 3.8) is 0 Å². The smallest absolute Gasteiger partial charge is 0.338 e. The van der Waals surface area contributed by atoms with Gasteiger partial charge in [0.15, 0.2) is 11.9 Å². The highest BCUT2D eigenvalue weighted by molar-refractivity contribution is 5.89. The van der Waals surface area contributed by atoms with Crippen molar-refractivity contribution in [3.05, 3.63) is 47.1 Å². The summed E-state index contributed by atoms with van der Waals surface area (Å²) in [6, 6.07) is 8.15. The molecular weight excluding hydrogens is 246 g/mol. The first-order valence-corrected chi connectivity index (χ1v) is 5.61. The van der Waals surface area contributed by atoms with E-state index in [1.165, 1.54) is 12.1 Å². The van der Waals surface area contributed by atoms with E-state index in [1.54, 1.807) is 26.0 Å². The van der Waals surface area contributed by atoms with Gasteiger partial charge in [-0.25, -0.2) is 4.79 Å². The normalized spacial score (nSPS) is 11.6. The van der Waals surface area contributed by atoms with Crippen LogP contribution >= 0.6 is 0 Å². The van der Waals surface area contributed by atoms with E-state index >= 15 is 0 Å². The highest BCUT2D eigenvalue weighted by atomic mass is 16.6. The number of carbonyl (C=O) groups excluding carboxylic acids is 1. The van der Waals surface area contributed by atoms with Crippen LogP contribution in [0.25, 0.3) is 0 Å². The number of ether oxygens (including phenoxy) is 1. The third kappa shape index (κ3) is 2.96. The molecule has 0 aliphatic rings. The Bertz CT molecular complexity index is 625. The summed E-state index contributed by atoms with van der Waals surface area (Å²) in [6.45, 7) is 3.33. The molecule has 6 nitrogen and oxygen atoms in total. The van der Waals surface area contributed by atoms with Crippen LogP contribution in [0.5, 0.6) is 0 Å². The average molecular weight is 257 g/mol. The van der Waals surface area contributed by atoms with E-state index in [4.69, 9.17) is 14.5 Å². The maximum absolute atomic E-state index is 11.8. The zero-order valence-corrected chi connectivity index (χ0v) is 10.5. The van der Waals surface area contributed by atoms with E-state index in [9.17, 15) is 4.79 Å². The van der Waals surface area contributed by atoms with E-state index in [0.29, 0.717) is 17.0 Å². The lowest BCUT2D eigenvalue weighted by Crippen LogP contribution is -2.09. The van der Waals surface area contributed by atoms with Crippen LogP contribution < -0.4 is 0 Å². The molecular formula is C13H11N3O3. The summed E-state index contributed by atoms with van der Waals surface area (Å²) >= 11 is 0. The summed E-state index contributed by atoms with van der Waals surface area (Å²) in [4.78, 5) is 15.8. The van der Waals surface area contributed by atoms with Gasteiger partial charge in [-0.05, 0) is 38.1 Å². The van der Waals surface area contributed by atoms with Gasteiger partial charge < -0.3 is 9.26 Å². The van der Waals surface area contributed by atoms with Crippen LogP contribution in [0.3, 0.4) is 0 Å². The van der Waals surface area contributed by atoms with Gasteiger partial charge in [0, 0.05) is 0 Å². The molecule has 1 unspecified atom stereocenters. The van der Waals surface area contributed by atoms with Crippen molar-refractivity contribution >= 4 is 5.97 Å². The Labute approximate surface area is 109 Å². The maximum atomic E-state index is 11.8. The minimum atomic E-state index is -0.621. The number of aryl methyl sites for hydroxylation is 1. The van der Waals surface area contributed by atoms with Crippen LogP contribution in [0.2, 0.25) is 0 Å². The largest absolute Gasteiger partial charge is 0.449 e. The molecule has 0 bridgehead atoms. The molecule has 0 saturated heterocycles. The minimum absolute atomic E-state index is 0.250. The molecule has 1 atom stereocenters. The van der Waals surface area contributed by atoms with E-state index in [0.717, 1.165) is 0 Å². The van der Waals surface area contributed by atoms with Gasteiger partial charge in [0.25, 0.3) is 5.89 Å². The van der Waals surface area contributed by atoms with Crippen LogP contribution in [-0.4, -0.2) is 16.1 Å². The van der Waals surface area contributed by atoms with Crippen molar-refractivity contribution in [1.82, 2.24) is 10.1 Å². The molecule has 2 rings (SSSR count). The number of hydrogen-bond donors (Lipinski definition) is 0. The topological polar surface area (TPSA) is 89.0 Å². The number of hydrogen-bond acceptors (Lipinski definition) is 6. The lowest BCUT2D eigenvalue weighted by molar-refractivity contribution is 0.0265. The maximum Gasteiger partial charge on any atom is 0.338 e. The molecule has 2 aromatic rings. The Morgan fingerprint density at radius 3 is 2.63 bits per heavy atom. The second-order valence-corrected chi connectivity index (χ2v) is 3.92. The first kappa shape index (κ1) is 12.8. The zero-order valence-electron chi connectivity index (χ0n) is 10.5. The van der Waals surface area contributed by atoms with Gasteiger partial charge in [-0.3, -0.25) is 0 Å². The van der Waals surface area contributed by atoms with Crippen molar-refractivity contribution in [2.75, 3.05) is 0 Å². The van der Waals surface area contributed by atoms with Crippen molar-refractivity contribution in [2.24, 2.45) is 0 Å². The number of aromatic nitrogens is 2. The van der Waals surface area contributed by atoms with Crippen LogP contribution in [0.4, 0.5) is 0 Å². The number of carbonyl (C=O) groups is 1. The Balaban J connectivity index is 2.06.